The van der Waals surface area contributed by atoms with E-state index in [0.29, 0.717) is 29.6 Å². The second-order valence-corrected chi connectivity index (χ2v) is 7.78. The minimum absolute atomic E-state index is 0.197. The fourth-order valence-electron chi connectivity index (χ4n) is 3.15. The molecule has 0 aromatic heterocycles. The van der Waals surface area contributed by atoms with E-state index >= 15 is 0 Å². The van der Waals surface area contributed by atoms with E-state index in [1.807, 2.05) is 42.5 Å². The first-order valence-corrected chi connectivity index (χ1v) is 11.1. The number of carbonyl (C=O) groups is 2. The normalized spacial score (nSPS) is 11.3. The van der Waals surface area contributed by atoms with E-state index in [2.05, 4.69) is 36.8 Å². The van der Waals surface area contributed by atoms with Crippen LogP contribution >= 0.6 is 0 Å². The summed E-state index contributed by atoms with van der Waals surface area (Å²) in [5, 5.41) is 0. The third-order valence-corrected chi connectivity index (χ3v) is 5.37. The molecule has 0 aliphatic carbocycles. The smallest absolute Gasteiger partial charge is 0.276 e. The van der Waals surface area contributed by atoms with E-state index in [1.54, 1.807) is 24.3 Å². The van der Waals surface area contributed by atoms with Crippen LogP contribution in [0.1, 0.15) is 47.7 Å². The van der Waals surface area contributed by atoms with Gasteiger partial charge < -0.3 is 9.47 Å². The van der Waals surface area contributed by atoms with Gasteiger partial charge in [-0.15, -0.1) is 0 Å². The summed E-state index contributed by atoms with van der Waals surface area (Å²) in [6.45, 7) is 4.66. The maximum absolute atomic E-state index is 12.3. The quantitative estimate of drug-likeness (QED) is 0.444. The zero-order valence-corrected chi connectivity index (χ0v) is 19.0. The molecule has 0 aliphatic heterocycles. The van der Waals surface area contributed by atoms with Gasteiger partial charge >= 0.3 is 0 Å². The Kier molecular flexibility index (Phi) is 8.88. The van der Waals surface area contributed by atoms with Crippen molar-refractivity contribution in [2.45, 2.75) is 32.6 Å². The summed E-state index contributed by atoms with van der Waals surface area (Å²) < 4.78 is 11.2. The summed E-state index contributed by atoms with van der Waals surface area (Å²) in [5.74, 6) is 0.894. The lowest BCUT2D eigenvalue weighted by molar-refractivity contribution is -0.123. The van der Waals surface area contributed by atoms with Gasteiger partial charge in [-0.05, 0) is 59.9 Å². The molecule has 6 nitrogen and oxygen atoms in total. The van der Waals surface area contributed by atoms with Gasteiger partial charge in [0, 0.05) is 12.0 Å². The van der Waals surface area contributed by atoms with E-state index in [-0.39, 0.29) is 6.61 Å². The summed E-state index contributed by atoms with van der Waals surface area (Å²) in [5.41, 5.74) is 7.60. The Labute approximate surface area is 194 Å². The van der Waals surface area contributed by atoms with Gasteiger partial charge in [-0.25, -0.2) is 0 Å². The third-order valence-electron chi connectivity index (χ3n) is 5.37. The van der Waals surface area contributed by atoms with Crippen molar-refractivity contribution in [1.82, 2.24) is 10.9 Å². The van der Waals surface area contributed by atoms with Gasteiger partial charge in [-0.3, -0.25) is 20.4 Å². The van der Waals surface area contributed by atoms with Crippen molar-refractivity contribution >= 4 is 11.8 Å². The minimum atomic E-state index is -0.449. The molecule has 0 radical (unpaired) electrons. The Bertz CT molecular complexity index is 1020. The molecule has 3 aromatic rings. The van der Waals surface area contributed by atoms with E-state index in [1.165, 1.54) is 11.1 Å². The largest absolute Gasteiger partial charge is 0.493 e. The van der Waals surface area contributed by atoms with E-state index in [4.69, 9.17) is 9.47 Å². The maximum atomic E-state index is 12.3. The van der Waals surface area contributed by atoms with Crippen molar-refractivity contribution in [3.05, 3.63) is 95.6 Å². The van der Waals surface area contributed by atoms with Crippen LogP contribution in [0.5, 0.6) is 11.5 Å². The Hall–Kier alpha value is -3.80. The highest BCUT2D eigenvalue weighted by molar-refractivity contribution is 5.95. The molecule has 0 saturated carbocycles. The standard InChI is InChI=1S/C27H30N2O4/c1-3-20(2)22-9-13-25(14-10-22)33-19-26(30)28-29-27(31)23-11-15-24(16-12-23)32-18-17-21-7-5-4-6-8-21/h4-16,20H,3,17-19H2,1-2H3,(H,28,30)(H,29,31). The summed E-state index contributed by atoms with van der Waals surface area (Å²) >= 11 is 0. The number of hydrogen-bond acceptors (Lipinski definition) is 4. The van der Waals surface area contributed by atoms with Crippen molar-refractivity contribution in [2.75, 3.05) is 13.2 Å². The van der Waals surface area contributed by atoms with E-state index < -0.39 is 11.8 Å². The molecule has 3 aromatic carbocycles. The molecule has 6 heteroatoms. The molecule has 0 saturated heterocycles. The van der Waals surface area contributed by atoms with Crippen molar-refractivity contribution < 1.29 is 19.1 Å². The van der Waals surface area contributed by atoms with Gasteiger partial charge in [0.1, 0.15) is 11.5 Å². The van der Waals surface area contributed by atoms with Crippen LogP contribution in [0.3, 0.4) is 0 Å². The third kappa shape index (κ3) is 7.68. The summed E-state index contributed by atoms with van der Waals surface area (Å²) in [6.07, 6.45) is 1.87. The molecule has 2 N–H and O–H groups in total. The van der Waals surface area contributed by atoms with Crippen molar-refractivity contribution in [2.24, 2.45) is 0 Å². The van der Waals surface area contributed by atoms with Gasteiger partial charge in [-0.1, -0.05) is 56.3 Å². The Morgan fingerprint density at radius 3 is 2.12 bits per heavy atom. The first-order chi connectivity index (χ1) is 16.0. The van der Waals surface area contributed by atoms with Gasteiger partial charge in [0.05, 0.1) is 6.61 Å². The van der Waals surface area contributed by atoms with Crippen LogP contribution in [-0.2, 0) is 11.2 Å². The molecule has 0 bridgehead atoms. The van der Waals surface area contributed by atoms with Gasteiger partial charge in [0.2, 0.25) is 0 Å². The zero-order chi connectivity index (χ0) is 23.5. The molecule has 0 spiro atoms. The van der Waals surface area contributed by atoms with Crippen molar-refractivity contribution in [1.29, 1.82) is 0 Å². The zero-order valence-electron chi connectivity index (χ0n) is 19.0. The highest BCUT2D eigenvalue weighted by Crippen LogP contribution is 2.21. The molecule has 0 aliphatic rings. The lowest BCUT2D eigenvalue weighted by Crippen LogP contribution is -2.43. The number of hydrogen-bond donors (Lipinski definition) is 2. The van der Waals surface area contributed by atoms with Crippen LogP contribution in [-0.4, -0.2) is 25.0 Å². The van der Waals surface area contributed by atoms with E-state index in [0.717, 1.165) is 12.8 Å². The molecule has 0 heterocycles. The lowest BCUT2D eigenvalue weighted by Gasteiger charge is -2.11. The topological polar surface area (TPSA) is 76.7 Å². The highest BCUT2D eigenvalue weighted by atomic mass is 16.5. The number of amides is 2. The second-order valence-electron chi connectivity index (χ2n) is 7.78. The fraction of sp³-hybridized carbons (Fsp3) is 0.259. The first kappa shape index (κ1) is 23.9. The lowest BCUT2D eigenvalue weighted by atomic mass is 9.99. The second kappa shape index (κ2) is 12.3. The number of rotatable bonds is 10. The molecular weight excluding hydrogens is 416 g/mol. The molecule has 1 atom stereocenters. The number of benzene rings is 3. The van der Waals surface area contributed by atoms with Crippen LogP contribution in [0, 0.1) is 0 Å². The Morgan fingerprint density at radius 1 is 0.818 bits per heavy atom. The van der Waals surface area contributed by atoms with Crippen LogP contribution in [0.15, 0.2) is 78.9 Å². The van der Waals surface area contributed by atoms with E-state index in [9.17, 15) is 9.59 Å². The van der Waals surface area contributed by atoms with Crippen molar-refractivity contribution in [3.63, 3.8) is 0 Å². The van der Waals surface area contributed by atoms with Gasteiger partial charge in [0.15, 0.2) is 6.61 Å². The number of nitrogens with one attached hydrogen (secondary N) is 2. The molecular formula is C27H30N2O4. The molecule has 1 unspecified atom stereocenters. The van der Waals surface area contributed by atoms with Crippen LogP contribution in [0.2, 0.25) is 0 Å². The van der Waals surface area contributed by atoms with Gasteiger partial charge in [-0.2, -0.15) is 0 Å². The Balaban J connectivity index is 1.37. The SMILES string of the molecule is CCC(C)c1ccc(OCC(=O)NNC(=O)c2ccc(OCCc3ccccc3)cc2)cc1. The Morgan fingerprint density at radius 2 is 1.45 bits per heavy atom. The maximum Gasteiger partial charge on any atom is 0.276 e. The monoisotopic (exact) mass is 446 g/mol. The minimum Gasteiger partial charge on any atom is -0.493 e. The summed E-state index contributed by atoms with van der Waals surface area (Å²) in [6, 6.07) is 24.5. The summed E-state index contributed by atoms with van der Waals surface area (Å²) in [7, 11) is 0. The number of carbonyl (C=O) groups excluding carboxylic acids is 2. The molecule has 2 amide bonds. The average molecular weight is 447 g/mol. The first-order valence-electron chi connectivity index (χ1n) is 11.1. The average Bonchev–Trinajstić information content (AvgIpc) is 2.87. The van der Waals surface area contributed by atoms with Gasteiger partial charge in [0.25, 0.3) is 11.8 Å². The predicted octanol–water partition coefficient (Wildman–Crippen LogP) is 4.66. The van der Waals surface area contributed by atoms with Crippen LogP contribution < -0.4 is 20.3 Å². The molecule has 3 rings (SSSR count). The van der Waals surface area contributed by atoms with Crippen molar-refractivity contribution in [3.8, 4) is 11.5 Å². The predicted molar refractivity (Wildman–Crippen MR) is 128 cm³/mol. The van der Waals surface area contributed by atoms with Crippen LogP contribution in [0.4, 0.5) is 0 Å². The summed E-state index contributed by atoms with van der Waals surface area (Å²) in [4.78, 5) is 24.2. The molecule has 33 heavy (non-hydrogen) atoms. The van der Waals surface area contributed by atoms with Crippen LogP contribution in [0.25, 0.3) is 0 Å². The number of hydrazine groups is 1. The molecule has 172 valence electrons. The number of ether oxygens (including phenoxy) is 2. The highest BCUT2D eigenvalue weighted by Gasteiger charge is 2.09. The fourth-order valence-corrected chi connectivity index (χ4v) is 3.15. The molecule has 0 fully saturated rings.